The van der Waals surface area contributed by atoms with Crippen LogP contribution >= 0.6 is 0 Å². The Hall–Kier alpha value is -1.68. The summed E-state index contributed by atoms with van der Waals surface area (Å²) in [6.45, 7) is 3.65. The van der Waals surface area contributed by atoms with Crippen molar-refractivity contribution >= 4 is 0 Å². The van der Waals surface area contributed by atoms with Crippen LogP contribution in [-0.2, 0) is 6.54 Å². The van der Waals surface area contributed by atoms with Crippen LogP contribution in [0, 0.1) is 6.92 Å². The van der Waals surface area contributed by atoms with E-state index in [1.165, 1.54) is 0 Å². The zero-order valence-electron chi connectivity index (χ0n) is 9.64. The number of rotatable bonds is 4. The Morgan fingerprint density at radius 1 is 1.25 bits per heavy atom. The molecule has 0 aliphatic rings. The third-order valence-electron chi connectivity index (χ3n) is 2.38. The molecule has 1 aromatic carbocycles. The van der Waals surface area contributed by atoms with Crippen molar-refractivity contribution in [3.8, 4) is 11.4 Å². The summed E-state index contributed by atoms with van der Waals surface area (Å²) in [7, 11) is 1.94. The van der Waals surface area contributed by atoms with E-state index in [4.69, 9.17) is 0 Å². The summed E-state index contributed by atoms with van der Waals surface area (Å²) < 4.78 is 1.95. The van der Waals surface area contributed by atoms with E-state index in [1.807, 2.05) is 36.9 Å². The number of likely N-dealkylation sites (N-methyl/N-ethyl adjacent to an activating group) is 1. The minimum atomic E-state index is 0.815. The van der Waals surface area contributed by atoms with Gasteiger partial charge < -0.3 is 5.32 Å². The Labute approximate surface area is 95.3 Å². The predicted octanol–water partition coefficient (Wildman–Crippen LogP) is 1.47. The second-order valence-electron chi connectivity index (χ2n) is 3.68. The fourth-order valence-corrected chi connectivity index (χ4v) is 1.63. The van der Waals surface area contributed by atoms with Crippen molar-refractivity contribution in [3.05, 3.63) is 36.2 Å². The first-order valence-corrected chi connectivity index (χ1v) is 5.42. The topological polar surface area (TPSA) is 42.7 Å². The van der Waals surface area contributed by atoms with Crippen molar-refractivity contribution in [1.82, 2.24) is 20.1 Å². The molecule has 0 amide bonds. The lowest BCUT2D eigenvalue weighted by Crippen LogP contribution is -2.16. The maximum absolute atomic E-state index is 4.46. The zero-order valence-corrected chi connectivity index (χ0v) is 9.64. The normalized spacial score (nSPS) is 10.6. The Balaban J connectivity index is 2.33. The highest BCUT2D eigenvalue weighted by Gasteiger charge is 2.08. The van der Waals surface area contributed by atoms with Gasteiger partial charge in [-0.25, -0.2) is 9.67 Å². The number of benzene rings is 1. The van der Waals surface area contributed by atoms with Gasteiger partial charge in [-0.15, -0.1) is 0 Å². The van der Waals surface area contributed by atoms with E-state index < -0.39 is 0 Å². The Morgan fingerprint density at radius 2 is 2.00 bits per heavy atom. The van der Waals surface area contributed by atoms with Crippen molar-refractivity contribution in [2.24, 2.45) is 0 Å². The van der Waals surface area contributed by atoms with E-state index in [0.717, 1.165) is 30.3 Å². The molecule has 1 aromatic heterocycles. The summed E-state index contributed by atoms with van der Waals surface area (Å²) in [5.41, 5.74) is 1.11. The van der Waals surface area contributed by atoms with E-state index in [2.05, 4.69) is 27.5 Å². The maximum Gasteiger partial charge on any atom is 0.158 e. The Bertz CT molecular complexity index is 447. The van der Waals surface area contributed by atoms with Crippen LogP contribution in [0.1, 0.15) is 5.82 Å². The van der Waals surface area contributed by atoms with Crippen molar-refractivity contribution in [2.45, 2.75) is 13.5 Å². The number of aryl methyl sites for hydroxylation is 1. The number of hydrogen-bond acceptors (Lipinski definition) is 3. The smallest absolute Gasteiger partial charge is 0.158 e. The van der Waals surface area contributed by atoms with E-state index in [0.29, 0.717) is 0 Å². The molecular weight excluding hydrogens is 200 g/mol. The molecule has 2 rings (SSSR count). The van der Waals surface area contributed by atoms with Gasteiger partial charge in [0.2, 0.25) is 0 Å². The van der Waals surface area contributed by atoms with E-state index in [1.54, 1.807) is 0 Å². The number of aromatic nitrogens is 3. The van der Waals surface area contributed by atoms with Crippen molar-refractivity contribution in [3.63, 3.8) is 0 Å². The van der Waals surface area contributed by atoms with Gasteiger partial charge in [-0.1, -0.05) is 30.3 Å². The lowest BCUT2D eigenvalue weighted by Gasteiger charge is -2.04. The average Bonchev–Trinajstić information content (AvgIpc) is 2.69. The summed E-state index contributed by atoms with van der Waals surface area (Å²) in [6, 6.07) is 10.1. The molecule has 0 unspecified atom stereocenters. The van der Waals surface area contributed by atoms with Gasteiger partial charge in [0.05, 0.1) is 6.54 Å². The molecule has 1 N–H and O–H groups in total. The Morgan fingerprint density at radius 3 is 2.69 bits per heavy atom. The summed E-state index contributed by atoms with van der Waals surface area (Å²) in [4.78, 5) is 4.46. The van der Waals surface area contributed by atoms with Crippen LogP contribution in [0.2, 0.25) is 0 Å². The molecule has 4 heteroatoms. The SMILES string of the molecule is CNCCn1nc(C)nc1-c1ccccc1. The fourth-order valence-electron chi connectivity index (χ4n) is 1.63. The molecule has 1 heterocycles. The summed E-state index contributed by atoms with van der Waals surface area (Å²) >= 11 is 0. The number of nitrogens with one attached hydrogen (secondary N) is 1. The highest BCUT2D eigenvalue weighted by Crippen LogP contribution is 2.16. The van der Waals surface area contributed by atoms with Gasteiger partial charge >= 0.3 is 0 Å². The van der Waals surface area contributed by atoms with Gasteiger partial charge in [0.25, 0.3) is 0 Å². The lowest BCUT2D eigenvalue weighted by atomic mass is 10.2. The van der Waals surface area contributed by atoms with Crippen molar-refractivity contribution < 1.29 is 0 Å². The fraction of sp³-hybridized carbons (Fsp3) is 0.333. The molecule has 0 aliphatic heterocycles. The van der Waals surface area contributed by atoms with Crippen LogP contribution in [0.15, 0.2) is 30.3 Å². The lowest BCUT2D eigenvalue weighted by molar-refractivity contribution is 0.586. The molecule has 0 atom stereocenters. The molecule has 0 spiro atoms. The average molecular weight is 216 g/mol. The molecule has 0 bridgehead atoms. The highest BCUT2D eigenvalue weighted by molar-refractivity contribution is 5.54. The molecule has 0 radical (unpaired) electrons. The largest absolute Gasteiger partial charge is 0.318 e. The van der Waals surface area contributed by atoms with Gasteiger partial charge in [-0.05, 0) is 14.0 Å². The summed E-state index contributed by atoms with van der Waals surface area (Å²) in [5, 5.41) is 7.51. The third kappa shape index (κ3) is 2.28. The van der Waals surface area contributed by atoms with Gasteiger partial charge in [0.15, 0.2) is 5.82 Å². The van der Waals surface area contributed by atoms with E-state index in [9.17, 15) is 0 Å². The van der Waals surface area contributed by atoms with Crippen LogP contribution < -0.4 is 5.32 Å². The van der Waals surface area contributed by atoms with Crippen LogP contribution in [-0.4, -0.2) is 28.4 Å². The molecule has 4 nitrogen and oxygen atoms in total. The molecule has 0 fully saturated rings. The second-order valence-corrected chi connectivity index (χ2v) is 3.68. The first kappa shape index (κ1) is 10.8. The minimum absolute atomic E-state index is 0.815. The Kier molecular flexibility index (Phi) is 3.31. The molecule has 0 saturated carbocycles. The molecule has 0 saturated heterocycles. The van der Waals surface area contributed by atoms with Crippen LogP contribution in [0.4, 0.5) is 0 Å². The number of hydrogen-bond donors (Lipinski definition) is 1. The molecule has 2 aromatic rings. The highest BCUT2D eigenvalue weighted by atomic mass is 15.3. The molecule has 16 heavy (non-hydrogen) atoms. The van der Waals surface area contributed by atoms with E-state index in [-0.39, 0.29) is 0 Å². The van der Waals surface area contributed by atoms with Gasteiger partial charge in [0.1, 0.15) is 5.82 Å². The number of nitrogens with zero attached hydrogens (tertiary/aromatic N) is 3. The first-order valence-electron chi connectivity index (χ1n) is 5.42. The zero-order chi connectivity index (χ0) is 11.4. The van der Waals surface area contributed by atoms with Crippen LogP contribution in [0.5, 0.6) is 0 Å². The van der Waals surface area contributed by atoms with Gasteiger partial charge in [-0.2, -0.15) is 5.10 Å². The van der Waals surface area contributed by atoms with Crippen LogP contribution in [0.3, 0.4) is 0 Å². The minimum Gasteiger partial charge on any atom is -0.318 e. The third-order valence-corrected chi connectivity index (χ3v) is 2.38. The maximum atomic E-state index is 4.46. The predicted molar refractivity (Wildman–Crippen MR) is 64.1 cm³/mol. The molecular formula is C12H16N4. The van der Waals surface area contributed by atoms with Gasteiger partial charge in [-0.3, -0.25) is 0 Å². The monoisotopic (exact) mass is 216 g/mol. The van der Waals surface area contributed by atoms with E-state index >= 15 is 0 Å². The summed E-state index contributed by atoms with van der Waals surface area (Å²) in [5.74, 6) is 1.75. The second kappa shape index (κ2) is 4.90. The standard InChI is InChI=1S/C12H16N4/c1-10-14-12(11-6-4-3-5-7-11)16(15-10)9-8-13-2/h3-7,13H,8-9H2,1-2H3. The summed E-state index contributed by atoms with van der Waals surface area (Å²) in [6.07, 6.45) is 0. The van der Waals surface area contributed by atoms with Gasteiger partial charge in [0, 0.05) is 12.1 Å². The van der Waals surface area contributed by atoms with Crippen LogP contribution in [0.25, 0.3) is 11.4 Å². The quantitative estimate of drug-likeness (QED) is 0.841. The van der Waals surface area contributed by atoms with Crippen molar-refractivity contribution in [2.75, 3.05) is 13.6 Å². The first-order chi connectivity index (χ1) is 7.81. The molecule has 0 aliphatic carbocycles. The molecule has 84 valence electrons. The van der Waals surface area contributed by atoms with Crippen molar-refractivity contribution in [1.29, 1.82) is 0 Å².